The Kier molecular flexibility index (Phi) is 4.38. The highest BCUT2D eigenvalue weighted by Crippen LogP contribution is 2.22. The summed E-state index contributed by atoms with van der Waals surface area (Å²) >= 11 is 5.75. The Hall–Kier alpha value is -1.09. The van der Waals surface area contributed by atoms with Gasteiger partial charge in [0.05, 0.1) is 11.0 Å². The fourth-order valence-corrected chi connectivity index (χ4v) is 2.90. The zero-order valence-corrected chi connectivity index (χ0v) is 12.0. The van der Waals surface area contributed by atoms with Crippen molar-refractivity contribution in [2.75, 3.05) is 0 Å². The highest BCUT2D eigenvalue weighted by Gasteiger charge is 2.29. The van der Waals surface area contributed by atoms with Crippen molar-refractivity contribution in [1.82, 2.24) is 4.72 Å². The minimum absolute atomic E-state index is 0.0551. The molecule has 4 nitrogen and oxygen atoms in total. The predicted octanol–water partition coefficient (Wildman–Crippen LogP) is 2.56. The number of sulfonamides is 1. The van der Waals surface area contributed by atoms with E-state index in [1.54, 1.807) is 32.9 Å². The lowest BCUT2D eigenvalue weighted by Gasteiger charge is -2.25. The van der Waals surface area contributed by atoms with Crippen LogP contribution in [0.4, 0.5) is 0 Å². The number of nitrogens with zero attached hydrogens (tertiary/aromatic N) is 1. The topological polar surface area (TPSA) is 70.0 Å². The Morgan fingerprint density at radius 3 is 2.44 bits per heavy atom. The van der Waals surface area contributed by atoms with Crippen LogP contribution in [-0.4, -0.2) is 14.5 Å². The van der Waals surface area contributed by atoms with Crippen LogP contribution in [0, 0.1) is 16.7 Å². The van der Waals surface area contributed by atoms with Gasteiger partial charge < -0.3 is 0 Å². The number of nitriles is 1. The van der Waals surface area contributed by atoms with Crippen LogP contribution in [0.2, 0.25) is 5.02 Å². The molecule has 98 valence electrons. The van der Waals surface area contributed by atoms with Crippen molar-refractivity contribution in [3.05, 3.63) is 29.3 Å². The monoisotopic (exact) mass is 286 g/mol. The van der Waals surface area contributed by atoms with Crippen molar-refractivity contribution in [3.63, 3.8) is 0 Å². The van der Waals surface area contributed by atoms with E-state index >= 15 is 0 Å². The minimum atomic E-state index is -3.73. The SMILES string of the molecule is CC(C)(C)[C@@H](C#N)NS(=O)(=O)c1cccc(Cl)c1. The lowest BCUT2D eigenvalue weighted by atomic mass is 9.88. The molecular weight excluding hydrogens is 272 g/mol. The molecule has 0 unspecified atom stereocenters. The highest BCUT2D eigenvalue weighted by molar-refractivity contribution is 7.89. The third kappa shape index (κ3) is 3.70. The predicted molar refractivity (Wildman–Crippen MR) is 70.6 cm³/mol. The molecule has 1 aromatic carbocycles. The molecule has 1 N–H and O–H groups in total. The fraction of sp³-hybridized carbons (Fsp3) is 0.417. The first kappa shape index (κ1) is 15.0. The van der Waals surface area contributed by atoms with Gasteiger partial charge in [-0.1, -0.05) is 38.4 Å². The van der Waals surface area contributed by atoms with Crippen molar-refractivity contribution in [3.8, 4) is 6.07 Å². The van der Waals surface area contributed by atoms with Gasteiger partial charge >= 0.3 is 0 Å². The highest BCUT2D eigenvalue weighted by atomic mass is 35.5. The van der Waals surface area contributed by atoms with Crippen LogP contribution in [0.5, 0.6) is 0 Å². The molecule has 1 atom stereocenters. The van der Waals surface area contributed by atoms with E-state index < -0.39 is 21.5 Å². The first-order valence-corrected chi connectivity index (χ1v) is 7.20. The van der Waals surface area contributed by atoms with Gasteiger partial charge in [-0.05, 0) is 23.6 Å². The number of hydrogen-bond acceptors (Lipinski definition) is 3. The molecule has 0 heterocycles. The summed E-state index contributed by atoms with van der Waals surface area (Å²) in [5.41, 5.74) is -0.486. The second-order valence-corrected chi connectivity index (χ2v) is 7.16. The van der Waals surface area contributed by atoms with Crippen LogP contribution in [0.25, 0.3) is 0 Å². The third-order valence-corrected chi connectivity index (χ3v) is 4.03. The summed E-state index contributed by atoms with van der Waals surface area (Å²) in [6.45, 7) is 5.38. The number of hydrogen-bond donors (Lipinski definition) is 1. The van der Waals surface area contributed by atoms with Crippen molar-refractivity contribution in [1.29, 1.82) is 5.26 Å². The van der Waals surface area contributed by atoms with Gasteiger partial charge in [-0.25, -0.2) is 8.42 Å². The van der Waals surface area contributed by atoms with Gasteiger partial charge in [0.2, 0.25) is 10.0 Å². The van der Waals surface area contributed by atoms with Gasteiger partial charge in [0.25, 0.3) is 0 Å². The normalized spacial score (nSPS) is 13.9. The van der Waals surface area contributed by atoms with Gasteiger partial charge in [0, 0.05) is 5.02 Å². The summed E-state index contributed by atoms with van der Waals surface area (Å²) in [5, 5.41) is 9.36. The Morgan fingerprint density at radius 1 is 1.39 bits per heavy atom. The van der Waals surface area contributed by atoms with E-state index in [9.17, 15) is 8.42 Å². The Balaban J connectivity index is 3.07. The molecule has 1 rings (SSSR count). The van der Waals surface area contributed by atoms with Gasteiger partial charge in [-0.3, -0.25) is 0 Å². The molecule has 0 spiro atoms. The lowest BCUT2D eigenvalue weighted by Crippen LogP contribution is -2.42. The summed E-state index contributed by atoms with van der Waals surface area (Å²) in [6, 6.07) is 7.08. The number of halogens is 1. The molecule has 0 saturated heterocycles. The van der Waals surface area contributed by atoms with Gasteiger partial charge in [0.1, 0.15) is 6.04 Å². The molecule has 0 radical (unpaired) electrons. The van der Waals surface area contributed by atoms with Crippen LogP contribution in [0.15, 0.2) is 29.2 Å². The summed E-state index contributed by atoms with van der Waals surface area (Å²) in [5.74, 6) is 0. The molecule has 18 heavy (non-hydrogen) atoms. The molecule has 0 bridgehead atoms. The molecular formula is C12H15ClN2O2S. The third-order valence-electron chi connectivity index (χ3n) is 2.37. The van der Waals surface area contributed by atoms with E-state index in [0.29, 0.717) is 5.02 Å². The number of rotatable bonds is 3. The quantitative estimate of drug-likeness (QED) is 0.928. The van der Waals surface area contributed by atoms with Gasteiger partial charge in [-0.15, -0.1) is 0 Å². The maximum Gasteiger partial charge on any atom is 0.241 e. The van der Waals surface area contributed by atoms with Crippen LogP contribution >= 0.6 is 11.6 Å². The second kappa shape index (κ2) is 5.27. The smallest absolute Gasteiger partial charge is 0.207 e. The molecule has 0 aliphatic carbocycles. The molecule has 0 aromatic heterocycles. The summed E-state index contributed by atoms with van der Waals surface area (Å²) < 4.78 is 26.5. The fourth-order valence-electron chi connectivity index (χ4n) is 1.25. The molecule has 0 amide bonds. The van der Waals surface area contributed by atoms with Crippen molar-refractivity contribution < 1.29 is 8.42 Å². The average molecular weight is 287 g/mol. The summed E-state index contributed by atoms with van der Waals surface area (Å²) in [7, 11) is -3.73. The lowest BCUT2D eigenvalue weighted by molar-refractivity contribution is 0.350. The second-order valence-electron chi connectivity index (χ2n) is 5.01. The van der Waals surface area contributed by atoms with Crippen LogP contribution in [-0.2, 0) is 10.0 Å². The molecule has 0 saturated carbocycles. The van der Waals surface area contributed by atoms with Gasteiger partial charge in [-0.2, -0.15) is 9.98 Å². The average Bonchev–Trinajstić information content (AvgIpc) is 2.24. The van der Waals surface area contributed by atoms with Gasteiger partial charge in [0.15, 0.2) is 0 Å². The van der Waals surface area contributed by atoms with Crippen molar-refractivity contribution >= 4 is 21.6 Å². The zero-order valence-electron chi connectivity index (χ0n) is 10.4. The van der Waals surface area contributed by atoms with E-state index in [4.69, 9.17) is 16.9 Å². The zero-order chi connectivity index (χ0) is 14.0. The first-order valence-electron chi connectivity index (χ1n) is 5.34. The largest absolute Gasteiger partial charge is 0.241 e. The van der Waals surface area contributed by atoms with Crippen LogP contribution < -0.4 is 4.72 Å². The van der Waals surface area contributed by atoms with Crippen molar-refractivity contribution in [2.24, 2.45) is 5.41 Å². The number of nitrogens with one attached hydrogen (secondary N) is 1. The molecule has 0 aliphatic rings. The standard InChI is InChI=1S/C12H15ClN2O2S/c1-12(2,3)11(8-14)15-18(16,17)10-6-4-5-9(13)7-10/h4-7,11,15H,1-3H3/t11-/m1/s1. The molecule has 1 aromatic rings. The minimum Gasteiger partial charge on any atom is -0.207 e. The van der Waals surface area contributed by atoms with E-state index in [1.807, 2.05) is 6.07 Å². The van der Waals surface area contributed by atoms with E-state index in [0.717, 1.165) is 0 Å². The molecule has 0 aliphatic heterocycles. The van der Waals surface area contributed by atoms with E-state index in [1.165, 1.54) is 12.1 Å². The first-order chi connectivity index (χ1) is 8.16. The number of benzene rings is 1. The van der Waals surface area contributed by atoms with Crippen molar-refractivity contribution in [2.45, 2.75) is 31.7 Å². The summed E-state index contributed by atoms with van der Waals surface area (Å²) in [6.07, 6.45) is 0. The van der Waals surface area contributed by atoms with Crippen LogP contribution in [0.3, 0.4) is 0 Å². The van der Waals surface area contributed by atoms with E-state index in [2.05, 4.69) is 4.72 Å². The summed E-state index contributed by atoms with van der Waals surface area (Å²) in [4.78, 5) is 0.0551. The Morgan fingerprint density at radius 2 is 2.00 bits per heavy atom. The Labute approximate surface area is 113 Å². The maximum atomic E-state index is 12.1. The van der Waals surface area contributed by atoms with Crippen LogP contribution in [0.1, 0.15) is 20.8 Å². The Bertz CT molecular complexity index is 570. The molecule has 0 fully saturated rings. The van der Waals surface area contributed by atoms with E-state index in [-0.39, 0.29) is 4.90 Å². The maximum absolute atomic E-state index is 12.1. The molecule has 6 heteroatoms.